The number of halogens is 1. The molecule has 0 amide bonds. The maximum Gasteiger partial charge on any atom is 0.240 e. The molecule has 0 unspecified atom stereocenters. The molecule has 144 valence electrons. The predicted octanol–water partition coefficient (Wildman–Crippen LogP) is 3.22. The van der Waals surface area contributed by atoms with E-state index in [9.17, 15) is 12.8 Å². The van der Waals surface area contributed by atoms with E-state index in [1.165, 1.54) is 24.3 Å². The van der Waals surface area contributed by atoms with Gasteiger partial charge in [0.05, 0.1) is 10.6 Å². The van der Waals surface area contributed by atoms with Crippen LogP contribution in [-0.2, 0) is 10.0 Å². The Morgan fingerprint density at radius 3 is 2.33 bits per heavy atom. The molecule has 0 aliphatic rings. The van der Waals surface area contributed by atoms with E-state index in [0.29, 0.717) is 17.9 Å². The SMILES string of the molecule is CCCNS(=O)(=O)c1ccc(/C(C)=N\NC(=S)Nc2ccc(F)cc2)cc1. The van der Waals surface area contributed by atoms with Gasteiger partial charge in [-0.3, -0.25) is 5.43 Å². The Morgan fingerprint density at radius 2 is 1.74 bits per heavy atom. The molecule has 27 heavy (non-hydrogen) atoms. The first-order chi connectivity index (χ1) is 12.8. The van der Waals surface area contributed by atoms with Gasteiger partial charge in [0.2, 0.25) is 10.0 Å². The molecule has 9 heteroatoms. The van der Waals surface area contributed by atoms with E-state index in [1.54, 1.807) is 31.2 Å². The fourth-order valence-electron chi connectivity index (χ4n) is 2.09. The lowest BCUT2D eigenvalue weighted by Gasteiger charge is -2.09. The lowest BCUT2D eigenvalue weighted by molar-refractivity contribution is 0.581. The van der Waals surface area contributed by atoms with Crippen LogP contribution in [0, 0.1) is 5.82 Å². The molecular formula is C18H21FN4O2S2. The Balaban J connectivity index is 1.99. The number of sulfonamides is 1. The summed E-state index contributed by atoms with van der Waals surface area (Å²) in [5.74, 6) is -0.330. The zero-order valence-corrected chi connectivity index (χ0v) is 16.6. The Bertz CT molecular complexity index is 911. The number of hydrogen-bond acceptors (Lipinski definition) is 4. The molecule has 2 aromatic rings. The second-order valence-corrected chi connectivity index (χ2v) is 7.87. The Labute approximate surface area is 163 Å². The van der Waals surface area contributed by atoms with Crippen LogP contribution < -0.4 is 15.5 Å². The molecule has 0 aromatic heterocycles. The first-order valence-electron chi connectivity index (χ1n) is 8.29. The van der Waals surface area contributed by atoms with E-state index in [0.717, 1.165) is 12.0 Å². The number of hydrazone groups is 1. The molecular weight excluding hydrogens is 387 g/mol. The highest BCUT2D eigenvalue weighted by Gasteiger charge is 2.12. The Kier molecular flexibility index (Phi) is 7.40. The molecule has 0 aliphatic carbocycles. The first-order valence-corrected chi connectivity index (χ1v) is 10.2. The summed E-state index contributed by atoms with van der Waals surface area (Å²) in [4.78, 5) is 0.203. The van der Waals surface area contributed by atoms with Crippen LogP contribution in [0.4, 0.5) is 10.1 Å². The van der Waals surface area contributed by atoms with Crippen molar-refractivity contribution in [2.45, 2.75) is 25.2 Å². The van der Waals surface area contributed by atoms with Crippen molar-refractivity contribution in [1.29, 1.82) is 0 Å². The van der Waals surface area contributed by atoms with Crippen molar-refractivity contribution in [3.63, 3.8) is 0 Å². The highest BCUT2D eigenvalue weighted by Crippen LogP contribution is 2.11. The van der Waals surface area contributed by atoms with Crippen LogP contribution in [0.5, 0.6) is 0 Å². The highest BCUT2D eigenvalue weighted by molar-refractivity contribution is 7.89. The van der Waals surface area contributed by atoms with Crippen LogP contribution in [0.3, 0.4) is 0 Å². The van der Waals surface area contributed by atoms with Gasteiger partial charge in [0.25, 0.3) is 0 Å². The molecule has 0 radical (unpaired) electrons. The van der Waals surface area contributed by atoms with Crippen molar-refractivity contribution in [2.24, 2.45) is 5.10 Å². The van der Waals surface area contributed by atoms with E-state index < -0.39 is 10.0 Å². The number of benzene rings is 2. The molecule has 0 aliphatic heterocycles. The standard InChI is InChI=1S/C18H21FN4O2S2/c1-3-12-20-27(24,25)17-10-4-14(5-11-17)13(2)22-23-18(26)21-16-8-6-15(19)7-9-16/h4-11,20H,3,12H2,1-2H3,(H2,21,23,26)/b22-13-. The van der Waals surface area contributed by atoms with E-state index in [1.807, 2.05) is 6.92 Å². The Hall–Kier alpha value is -2.36. The lowest BCUT2D eigenvalue weighted by atomic mass is 10.1. The molecule has 0 heterocycles. The third kappa shape index (κ3) is 6.38. The molecule has 6 nitrogen and oxygen atoms in total. The minimum absolute atomic E-state index is 0.203. The molecule has 2 aromatic carbocycles. The number of nitrogens with zero attached hydrogens (tertiary/aromatic N) is 1. The molecule has 2 rings (SSSR count). The van der Waals surface area contributed by atoms with Gasteiger partial charge in [0.15, 0.2) is 5.11 Å². The van der Waals surface area contributed by atoms with E-state index in [2.05, 4.69) is 20.6 Å². The maximum atomic E-state index is 12.9. The summed E-state index contributed by atoms with van der Waals surface area (Å²) in [6, 6.07) is 12.2. The Morgan fingerprint density at radius 1 is 1.11 bits per heavy atom. The van der Waals surface area contributed by atoms with Crippen LogP contribution in [0.15, 0.2) is 58.5 Å². The smallest absolute Gasteiger partial charge is 0.240 e. The summed E-state index contributed by atoms with van der Waals surface area (Å²) < 4.78 is 39.6. The average Bonchev–Trinajstić information content (AvgIpc) is 2.66. The number of hydrogen-bond donors (Lipinski definition) is 3. The van der Waals surface area contributed by atoms with Gasteiger partial charge in [-0.15, -0.1) is 0 Å². The minimum Gasteiger partial charge on any atom is -0.331 e. The lowest BCUT2D eigenvalue weighted by Crippen LogP contribution is -2.25. The monoisotopic (exact) mass is 408 g/mol. The van der Waals surface area contributed by atoms with Crippen molar-refractivity contribution in [1.82, 2.24) is 10.1 Å². The van der Waals surface area contributed by atoms with Gasteiger partial charge in [0.1, 0.15) is 5.82 Å². The highest BCUT2D eigenvalue weighted by atomic mass is 32.2. The van der Waals surface area contributed by atoms with Gasteiger partial charge < -0.3 is 5.32 Å². The number of anilines is 1. The molecule has 0 atom stereocenters. The van der Waals surface area contributed by atoms with Crippen molar-refractivity contribution in [3.05, 3.63) is 59.9 Å². The largest absolute Gasteiger partial charge is 0.331 e. The van der Waals surface area contributed by atoms with Gasteiger partial charge in [0, 0.05) is 12.2 Å². The van der Waals surface area contributed by atoms with Crippen LogP contribution in [-0.4, -0.2) is 25.8 Å². The quantitative estimate of drug-likeness (QED) is 0.372. The topological polar surface area (TPSA) is 82.6 Å². The van der Waals surface area contributed by atoms with Crippen LogP contribution >= 0.6 is 12.2 Å². The van der Waals surface area contributed by atoms with E-state index >= 15 is 0 Å². The molecule has 3 N–H and O–H groups in total. The second kappa shape index (κ2) is 9.54. The van der Waals surface area contributed by atoms with Gasteiger partial charge in [-0.25, -0.2) is 17.5 Å². The van der Waals surface area contributed by atoms with E-state index in [-0.39, 0.29) is 15.8 Å². The van der Waals surface area contributed by atoms with Crippen molar-refractivity contribution in [3.8, 4) is 0 Å². The fourth-order valence-corrected chi connectivity index (χ4v) is 3.38. The van der Waals surface area contributed by atoms with Gasteiger partial charge in [-0.05, 0) is 67.5 Å². The zero-order valence-electron chi connectivity index (χ0n) is 15.0. The van der Waals surface area contributed by atoms with Crippen LogP contribution in [0.25, 0.3) is 0 Å². The van der Waals surface area contributed by atoms with Crippen molar-refractivity contribution < 1.29 is 12.8 Å². The third-order valence-corrected chi connectivity index (χ3v) is 5.22. The fraction of sp³-hybridized carbons (Fsp3) is 0.222. The molecule has 0 saturated heterocycles. The number of nitrogens with one attached hydrogen (secondary N) is 3. The van der Waals surface area contributed by atoms with Gasteiger partial charge in [-0.1, -0.05) is 19.1 Å². The van der Waals surface area contributed by atoms with E-state index in [4.69, 9.17) is 12.2 Å². The normalized spacial score (nSPS) is 11.9. The minimum atomic E-state index is -3.49. The average molecular weight is 409 g/mol. The van der Waals surface area contributed by atoms with Crippen LogP contribution in [0.2, 0.25) is 0 Å². The molecule has 0 bridgehead atoms. The van der Waals surface area contributed by atoms with Gasteiger partial charge >= 0.3 is 0 Å². The third-order valence-electron chi connectivity index (χ3n) is 3.55. The second-order valence-electron chi connectivity index (χ2n) is 5.69. The number of rotatable bonds is 7. The zero-order chi connectivity index (χ0) is 19.9. The number of thiocarbonyl (C=S) groups is 1. The summed E-state index contributed by atoms with van der Waals surface area (Å²) in [6.45, 7) is 4.06. The predicted molar refractivity (Wildman–Crippen MR) is 110 cm³/mol. The summed E-state index contributed by atoms with van der Waals surface area (Å²) in [6.07, 6.45) is 0.723. The first kappa shape index (κ1) is 20.9. The molecule has 0 fully saturated rings. The summed E-state index contributed by atoms with van der Waals surface area (Å²) >= 11 is 5.14. The van der Waals surface area contributed by atoms with Crippen LogP contribution in [0.1, 0.15) is 25.8 Å². The summed E-state index contributed by atoms with van der Waals surface area (Å²) in [7, 11) is -3.49. The van der Waals surface area contributed by atoms with Crippen molar-refractivity contribution in [2.75, 3.05) is 11.9 Å². The molecule has 0 saturated carbocycles. The van der Waals surface area contributed by atoms with Crippen molar-refractivity contribution >= 4 is 38.8 Å². The molecule has 0 spiro atoms. The maximum absolute atomic E-state index is 12.9. The summed E-state index contributed by atoms with van der Waals surface area (Å²) in [5.41, 5.74) is 4.72. The van der Waals surface area contributed by atoms with Gasteiger partial charge in [-0.2, -0.15) is 5.10 Å². The summed E-state index contributed by atoms with van der Waals surface area (Å²) in [5, 5.41) is 7.31.